The molecule has 0 fully saturated rings. The highest BCUT2D eigenvalue weighted by molar-refractivity contribution is 7.89. The maximum atomic E-state index is 12.6. The van der Waals surface area contributed by atoms with E-state index in [0.717, 1.165) is 6.20 Å². The molecule has 0 bridgehead atoms. The lowest BCUT2D eigenvalue weighted by molar-refractivity contribution is 0.0696. The number of hydrogen-bond donors (Lipinski definition) is 1. The lowest BCUT2D eigenvalue weighted by Crippen LogP contribution is -2.37. The van der Waals surface area contributed by atoms with E-state index in [2.05, 4.69) is 4.98 Å². The van der Waals surface area contributed by atoms with Crippen LogP contribution in [0.2, 0.25) is 0 Å². The molecule has 7 heteroatoms. The zero-order valence-electron chi connectivity index (χ0n) is 12.8. The summed E-state index contributed by atoms with van der Waals surface area (Å²) in [5.74, 6) is -0.749. The molecule has 0 amide bonds. The number of aromatic carboxylic acids is 1. The van der Waals surface area contributed by atoms with E-state index >= 15 is 0 Å². The predicted molar refractivity (Wildman–Crippen MR) is 79.6 cm³/mol. The first kappa shape index (κ1) is 17.6. The highest BCUT2D eigenvalue weighted by Crippen LogP contribution is 2.17. The maximum Gasteiger partial charge on any atom is 0.337 e. The van der Waals surface area contributed by atoms with Crippen molar-refractivity contribution < 1.29 is 18.3 Å². The fourth-order valence-electron chi connectivity index (χ4n) is 1.88. The number of hydrogen-bond acceptors (Lipinski definition) is 4. The molecule has 0 aliphatic rings. The smallest absolute Gasteiger partial charge is 0.337 e. The van der Waals surface area contributed by atoms with Crippen molar-refractivity contribution in [2.24, 2.45) is 11.8 Å². The minimum atomic E-state index is -3.70. The normalized spacial score (nSPS) is 12.3. The summed E-state index contributed by atoms with van der Waals surface area (Å²) < 4.78 is 26.6. The molecule has 6 nitrogen and oxygen atoms in total. The summed E-state index contributed by atoms with van der Waals surface area (Å²) in [6.45, 7) is 8.60. The molecule has 1 N–H and O–H groups in total. The van der Waals surface area contributed by atoms with Gasteiger partial charge in [0.2, 0.25) is 0 Å². The minimum Gasteiger partial charge on any atom is -0.478 e. The third-order valence-corrected chi connectivity index (χ3v) is 4.47. The van der Waals surface area contributed by atoms with E-state index in [-0.39, 0.29) is 22.4 Å². The molecule has 0 saturated heterocycles. The van der Waals surface area contributed by atoms with Crippen LogP contribution in [0.4, 0.5) is 0 Å². The molecule has 0 spiro atoms. The van der Waals surface area contributed by atoms with Crippen LogP contribution in [0.15, 0.2) is 23.4 Å². The third-order valence-electron chi connectivity index (χ3n) is 2.73. The number of aromatic nitrogens is 1. The fraction of sp³-hybridized carbons (Fsp3) is 0.571. The summed E-state index contributed by atoms with van der Waals surface area (Å²) in [7, 11) is -3.70. The summed E-state index contributed by atoms with van der Waals surface area (Å²) in [6.07, 6.45) is 1.07. The summed E-state index contributed by atoms with van der Waals surface area (Å²) in [5, 5.41) is 8.71. The molecule has 0 radical (unpaired) electrons. The summed E-state index contributed by atoms with van der Waals surface area (Å²) in [6, 6.07) is 2.50. The number of rotatable bonds is 7. The van der Waals surface area contributed by atoms with E-state index in [9.17, 15) is 13.2 Å². The highest BCUT2D eigenvalue weighted by atomic mass is 32.2. The molecule has 1 aromatic rings. The predicted octanol–water partition coefficient (Wildman–Crippen LogP) is 2.08. The second kappa shape index (κ2) is 7.00. The molecular formula is C14H22N2O4S. The van der Waals surface area contributed by atoms with Crippen LogP contribution in [0, 0.1) is 11.8 Å². The minimum absolute atomic E-state index is 0.0341. The van der Waals surface area contributed by atoms with Gasteiger partial charge in [-0.15, -0.1) is 0 Å². The fourth-order valence-corrected chi connectivity index (χ4v) is 3.56. The molecule has 1 rings (SSSR count). The summed E-state index contributed by atoms with van der Waals surface area (Å²) >= 11 is 0. The second-order valence-corrected chi connectivity index (χ2v) is 7.68. The first-order chi connectivity index (χ1) is 9.64. The topological polar surface area (TPSA) is 87.6 Å². The van der Waals surface area contributed by atoms with Gasteiger partial charge in [0, 0.05) is 19.3 Å². The van der Waals surface area contributed by atoms with E-state index in [0.29, 0.717) is 13.1 Å². The Labute approximate surface area is 125 Å². The van der Waals surface area contributed by atoms with Gasteiger partial charge in [-0.2, -0.15) is 4.31 Å². The largest absolute Gasteiger partial charge is 0.478 e. The molecule has 0 unspecified atom stereocenters. The van der Waals surface area contributed by atoms with Gasteiger partial charge in [0.15, 0.2) is 5.03 Å². The Kier molecular flexibility index (Phi) is 5.86. The van der Waals surface area contributed by atoms with Crippen molar-refractivity contribution in [2.75, 3.05) is 13.1 Å². The number of carboxylic acids is 1. The third kappa shape index (κ3) is 4.78. The van der Waals surface area contributed by atoms with Gasteiger partial charge in [-0.3, -0.25) is 0 Å². The van der Waals surface area contributed by atoms with E-state index < -0.39 is 16.0 Å². The lowest BCUT2D eigenvalue weighted by atomic mass is 10.2. The maximum absolute atomic E-state index is 12.6. The number of sulfonamides is 1. The zero-order valence-corrected chi connectivity index (χ0v) is 13.6. The molecule has 0 aliphatic carbocycles. The van der Waals surface area contributed by atoms with Gasteiger partial charge in [-0.05, 0) is 24.0 Å². The van der Waals surface area contributed by atoms with Crippen molar-refractivity contribution in [2.45, 2.75) is 32.7 Å². The number of pyridine rings is 1. The highest BCUT2D eigenvalue weighted by Gasteiger charge is 2.27. The van der Waals surface area contributed by atoms with Gasteiger partial charge in [0.05, 0.1) is 5.56 Å². The van der Waals surface area contributed by atoms with Crippen LogP contribution < -0.4 is 0 Å². The zero-order chi connectivity index (χ0) is 16.2. The molecule has 118 valence electrons. The SMILES string of the molecule is CC(C)CN(CC(C)C)S(=O)(=O)c1ccc(C(=O)O)cn1. The van der Waals surface area contributed by atoms with Crippen molar-refractivity contribution in [1.29, 1.82) is 0 Å². The molecule has 0 aliphatic heterocycles. The van der Waals surface area contributed by atoms with E-state index in [1.807, 2.05) is 27.7 Å². The van der Waals surface area contributed by atoms with Crippen LogP contribution in [0.25, 0.3) is 0 Å². The Balaban J connectivity index is 3.12. The Morgan fingerprint density at radius 1 is 1.19 bits per heavy atom. The van der Waals surface area contributed by atoms with Crippen molar-refractivity contribution in [1.82, 2.24) is 9.29 Å². The molecule has 21 heavy (non-hydrogen) atoms. The van der Waals surface area contributed by atoms with E-state index in [4.69, 9.17) is 5.11 Å². The Morgan fingerprint density at radius 3 is 2.05 bits per heavy atom. The first-order valence-electron chi connectivity index (χ1n) is 6.84. The van der Waals surface area contributed by atoms with Gasteiger partial charge in [0.1, 0.15) is 0 Å². The molecule has 0 atom stereocenters. The first-order valence-corrected chi connectivity index (χ1v) is 8.28. The Hall–Kier alpha value is -1.47. The monoisotopic (exact) mass is 314 g/mol. The summed E-state index contributed by atoms with van der Waals surface area (Å²) in [4.78, 5) is 14.6. The van der Waals surface area contributed by atoms with Crippen molar-refractivity contribution in [3.8, 4) is 0 Å². The second-order valence-electron chi connectivity index (χ2n) is 5.80. The number of carboxylic acid groups (broad SMARTS) is 1. The molecule has 0 aromatic carbocycles. The standard InChI is InChI=1S/C14H22N2O4S/c1-10(2)8-16(9-11(3)4)21(19,20)13-6-5-12(7-15-13)14(17)18/h5-7,10-11H,8-9H2,1-4H3,(H,17,18). The quantitative estimate of drug-likeness (QED) is 0.832. The van der Waals surface area contributed by atoms with Gasteiger partial charge >= 0.3 is 5.97 Å². The van der Waals surface area contributed by atoms with Crippen molar-refractivity contribution >= 4 is 16.0 Å². The van der Waals surface area contributed by atoms with Crippen LogP contribution in [0.5, 0.6) is 0 Å². The van der Waals surface area contributed by atoms with Gasteiger partial charge in [-0.25, -0.2) is 18.2 Å². The van der Waals surface area contributed by atoms with Crippen LogP contribution in [-0.2, 0) is 10.0 Å². The van der Waals surface area contributed by atoms with Gasteiger partial charge in [0.25, 0.3) is 10.0 Å². The van der Waals surface area contributed by atoms with E-state index in [1.165, 1.54) is 16.4 Å². The average molecular weight is 314 g/mol. The molecular weight excluding hydrogens is 292 g/mol. The van der Waals surface area contributed by atoms with Crippen LogP contribution >= 0.6 is 0 Å². The Bertz CT molecular complexity index is 569. The van der Waals surface area contributed by atoms with Crippen LogP contribution in [-0.4, -0.2) is 41.9 Å². The Morgan fingerprint density at radius 2 is 1.71 bits per heavy atom. The van der Waals surface area contributed by atoms with Crippen LogP contribution in [0.3, 0.4) is 0 Å². The van der Waals surface area contributed by atoms with Crippen molar-refractivity contribution in [3.05, 3.63) is 23.9 Å². The van der Waals surface area contributed by atoms with Gasteiger partial charge < -0.3 is 5.11 Å². The summed E-state index contributed by atoms with van der Waals surface area (Å²) in [5.41, 5.74) is -0.0341. The average Bonchev–Trinajstić information content (AvgIpc) is 2.37. The molecule has 1 aromatic heterocycles. The van der Waals surface area contributed by atoms with Crippen LogP contribution in [0.1, 0.15) is 38.1 Å². The number of carbonyl (C=O) groups is 1. The molecule has 1 heterocycles. The van der Waals surface area contributed by atoms with Gasteiger partial charge in [-0.1, -0.05) is 27.7 Å². The van der Waals surface area contributed by atoms with E-state index in [1.54, 1.807) is 0 Å². The molecule has 0 saturated carbocycles. The lowest BCUT2D eigenvalue weighted by Gasteiger charge is -2.25. The number of nitrogens with zero attached hydrogens (tertiary/aromatic N) is 2. The van der Waals surface area contributed by atoms with Crippen molar-refractivity contribution in [3.63, 3.8) is 0 Å².